The van der Waals surface area contributed by atoms with Crippen LogP contribution in [0.1, 0.15) is 63.8 Å². The molecule has 3 heterocycles. The van der Waals surface area contributed by atoms with Crippen LogP contribution in [0, 0.1) is 18.3 Å². The number of hydrazine groups is 1. The number of nitrogens with one attached hydrogen (secondary N) is 4. The van der Waals surface area contributed by atoms with Gasteiger partial charge in [0.05, 0.1) is 30.9 Å². The summed E-state index contributed by atoms with van der Waals surface area (Å²) in [5.41, 5.74) is 4.48. The zero-order valence-electron chi connectivity index (χ0n) is 30.9. The summed E-state index contributed by atoms with van der Waals surface area (Å²) in [4.78, 5) is 68.2. The highest BCUT2D eigenvalue weighted by atomic mass is 16.4. The largest absolute Gasteiger partial charge is 0.465 e. The topological polar surface area (TPSA) is 196 Å². The normalized spacial score (nSPS) is 16.3. The molecule has 15 nitrogen and oxygen atoms in total. The van der Waals surface area contributed by atoms with Crippen molar-refractivity contribution in [2.45, 2.75) is 91.7 Å². The Morgan fingerprint density at radius 2 is 1.77 bits per heavy atom. The van der Waals surface area contributed by atoms with E-state index < -0.39 is 47.6 Å². The van der Waals surface area contributed by atoms with Crippen molar-refractivity contribution in [1.29, 1.82) is 0 Å². The van der Waals surface area contributed by atoms with E-state index in [1.165, 1.54) is 5.01 Å². The lowest BCUT2D eigenvalue weighted by molar-refractivity contribution is -0.133. The molecule has 0 unspecified atom stereocenters. The summed E-state index contributed by atoms with van der Waals surface area (Å²) >= 11 is 0. The van der Waals surface area contributed by atoms with Gasteiger partial charge in [0.2, 0.25) is 5.91 Å². The summed E-state index contributed by atoms with van der Waals surface area (Å²) in [7, 11) is 0. The van der Waals surface area contributed by atoms with Crippen LogP contribution in [-0.2, 0) is 29.1 Å². The molecule has 1 fully saturated rings. The zero-order valence-corrected chi connectivity index (χ0v) is 30.9. The first-order valence-electron chi connectivity index (χ1n) is 17.7. The van der Waals surface area contributed by atoms with E-state index in [2.05, 4.69) is 31.0 Å². The molecule has 1 aliphatic rings. The number of hydrogen-bond donors (Lipinski definition) is 6. The molecule has 52 heavy (non-hydrogen) atoms. The number of benzene rings is 1. The molecule has 1 saturated heterocycles. The quantitative estimate of drug-likeness (QED) is 0.114. The number of rotatable bonds is 17. The van der Waals surface area contributed by atoms with Gasteiger partial charge in [-0.2, -0.15) is 0 Å². The molecular weight excluding hydrogens is 666 g/mol. The average molecular weight is 720 g/mol. The summed E-state index contributed by atoms with van der Waals surface area (Å²) in [5, 5.41) is 28.1. The number of carboxylic acid groups (broad SMARTS) is 1. The van der Waals surface area contributed by atoms with Crippen molar-refractivity contribution in [2.24, 2.45) is 11.3 Å². The van der Waals surface area contributed by atoms with Crippen LogP contribution in [0.5, 0.6) is 0 Å². The Balaban J connectivity index is 1.57. The fraction of sp³-hybridized carbons (Fsp3) is 0.514. The van der Waals surface area contributed by atoms with E-state index in [-0.39, 0.29) is 31.5 Å². The molecule has 2 aromatic heterocycles. The van der Waals surface area contributed by atoms with Crippen molar-refractivity contribution in [3.05, 3.63) is 83.7 Å². The maximum absolute atomic E-state index is 14.3. The van der Waals surface area contributed by atoms with Crippen molar-refractivity contribution in [3.8, 4) is 0 Å². The third-order valence-corrected chi connectivity index (χ3v) is 9.27. The Kier molecular flexibility index (Phi) is 13.7. The van der Waals surface area contributed by atoms with Gasteiger partial charge >= 0.3 is 12.1 Å². The standard InChI is InChI=1S/C37H53N9O6/c1-7-24(2)31(46-19-18-44(36(46)52)21-27-15-11-12-25(3)40-27)33(48)41-28(20-26-13-9-8-10-14-26)29(47)22-45(23-30-38-16-17-39-30)43-34(49)32(37(4,5)6)42-35(50)51/h8-17,24,28-29,31-32,42,47H,7,18-23H2,1-6H3,(H,38,39)(H,41,48)(H,43,49)(H,50,51)/t24-,28-,29-,31-,32+/m0/s1. The van der Waals surface area contributed by atoms with Crippen LogP contribution >= 0.6 is 0 Å². The van der Waals surface area contributed by atoms with Gasteiger partial charge in [-0.25, -0.2) is 19.6 Å². The van der Waals surface area contributed by atoms with E-state index in [9.17, 15) is 29.4 Å². The molecule has 282 valence electrons. The lowest BCUT2D eigenvalue weighted by Crippen LogP contribution is -2.60. The molecule has 3 aromatic rings. The fourth-order valence-corrected chi connectivity index (χ4v) is 6.33. The SMILES string of the molecule is CC[C@H](C)[C@@H](C(=O)N[C@@H](Cc1ccccc1)[C@@H](O)CN(Cc1ncc[nH]1)NC(=O)[C@@H](NC(=O)O)C(C)(C)C)N1CCN(Cc2cccc(C)n2)C1=O. The van der Waals surface area contributed by atoms with Gasteiger partial charge in [0, 0.05) is 37.7 Å². The molecule has 0 aliphatic carbocycles. The van der Waals surface area contributed by atoms with Gasteiger partial charge < -0.3 is 35.6 Å². The second-order valence-corrected chi connectivity index (χ2v) is 14.5. The Labute approximate surface area is 305 Å². The third kappa shape index (κ3) is 11.0. The number of pyridine rings is 1. The molecular formula is C37H53N9O6. The molecule has 1 aromatic carbocycles. The summed E-state index contributed by atoms with van der Waals surface area (Å²) < 4.78 is 0. The predicted molar refractivity (Wildman–Crippen MR) is 194 cm³/mol. The second kappa shape index (κ2) is 18.0. The molecule has 15 heteroatoms. The van der Waals surface area contributed by atoms with Crippen molar-refractivity contribution < 1.29 is 29.4 Å². The first-order chi connectivity index (χ1) is 24.7. The number of carbonyl (C=O) groups excluding carboxylic acids is 3. The number of H-pyrrole nitrogens is 1. The molecule has 5 atom stereocenters. The number of carbonyl (C=O) groups is 4. The molecule has 6 N–H and O–H groups in total. The summed E-state index contributed by atoms with van der Waals surface area (Å²) in [6.07, 6.45) is 1.50. The van der Waals surface area contributed by atoms with E-state index in [1.807, 2.05) is 69.3 Å². The minimum absolute atomic E-state index is 0.0507. The monoisotopic (exact) mass is 719 g/mol. The number of aromatic amines is 1. The summed E-state index contributed by atoms with van der Waals surface area (Å²) in [6, 6.07) is 12.1. The number of aliphatic hydroxyl groups excluding tert-OH is 1. The van der Waals surface area contributed by atoms with Crippen molar-refractivity contribution in [2.75, 3.05) is 19.6 Å². The number of urea groups is 1. The smallest absolute Gasteiger partial charge is 0.405 e. The second-order valence-electron chi connectivity index (χ2n) is 14.5. The minimum Gasteiger partial charge on any atom is -0.465 e. The number of amides is 5. The molecule has 4 rings (SSSR count). The lowest BCUT2D eigenvalue weighted by Gasteiger charge is -2.35. The van der Waals surface area contributed by atoms with E-state index >= 15 is 0 Å². The van der Waals surface area contributed by atoms with Crippen LogP contribution in [0.15, 0.2) is 60.9 Å². The van der Waals surface area contributed by atoms with Crippen LogP contribution in [0.3, 0.4) is 0 Å². The maximum atomic E-state index is 14.3. The van der Waals surface area contributed by atoms with Gasteiger partial charge in [0.15, 0.2) is 0 Å². The molecule has 0 radical (unpaired) electrons. The van der Waals surface area contributed by atoms with E-state index in [1.54, 1.807) is 43.0 Å². The average Bonchev–Trinajstić information content (AvgIpc) is 3.72. The third-order valence-electron chi connectivity index (χ3n) is 9.27. The van der Waals surface area contributed by atoms with Crippen molar-refractivity contribution >= 4 is 23.9 Å². The van der Waals surface area contributed by atoms with Gasteiger partial charge in [0.1, 0.15) is 17.9 Å². The zero-order chi connectivity index (χ0) is 38.0. The van der Waals surface area contributed by atoms with Gasteiger partial charge in [-0.15, -0.1) is 0 Å². The number of aromatic nitrogens is 3. The highest BCUT2D eigenvalue weighted by Crippen LogP contribution is 2.23. The Morgan fingerprint density at radius 1 is 1.04 bits per heavy atom. The minimum atomic E-state index is -1.35. The van der Waals surface area contributed by atoms with Crippen LogP contribution in [-0.4, -0.2) is 108 Å². The molecule has 0 bridgehead atoms. The van der Waals surface area contributed by atoms with Crippen molar-refractivity contribution in [1.82, 2.24) is 45.8 Å². The molecule has 5 amide bonds. The molecule has 0 saturated carbocycles. The van der Waals surface area contributed by atoms with Crippen molar-refractivity contribution in [3.63, 3.8) is 0 Å². The van der Waals surface area contributed by atoms with E-state index in [0.717, 1.165) is 17.0 Å². The summed E-state index contributed by atoms with van der Waals surface area (Å²) in [5.74, 6) is -0.712. The number of imidazole rings is 1. The lowest BCUT2D eigenvalue weighted by atomic mass is 9.86. The highest BCUT2D eigenvalue weighted by molar-refractivity contribution is 5.88. The predicted octanol–water partition coefficient (Wildman–Crippen LogP) is 3.07. The van der Waals surface area contributed by atoms with Gasteiger partial charge in [-0.3, -0.25) is 20.0 Å². The fourth-order valence-electron chi connectivity index (χ4n) is 6.33. The van der Waals surface area contributed by atoms with Crippen LogP contribution in [0.2, 0.25) is 0 Å². The Hall–Kier alpha value is -5.02. The van der Waals surface area contributed by atoms with Gasteiger partial charge in [0.25, 0.3) is 5.91 Å². The van der Waals surface area contributed by atoms with Gasteiger partial charge in [-0.05, 0) is 42.4 Å². The van der Waals surface area contributed by atoms with E-state index in [0.29, 0.717) is 31.9 Å². The number of aliphatic hydroxyl groups is 1. The Bertz CT molecular complexity index is 1630. The van der Waals surface area contributed by atoms with E-state index in [4.69, 9.17) is 0 Å². The number of aryl methyl sites for hydroxylation is 1. The molecule has 0 spiro atoms. The maximum Gasteiger partial charge on any atom is 0.405 e. The highest BCUT2D eigenvalue weighted by Gasteiger charge is 2.41. The summed E-state index contributed by atoms with van der Waals surface area (Å²) in [6.45, 7) is 12.0. The first-order valence-corrected chi connectivity index (χ1v) is 17.7. The van der Waals surface area contributed by atoms with Gasteiger partial charge in [-0.1, -0.05) is 77.4 Å². The van der Waals surface area contributed by atoms with Crippen LogP contribution < -0.4 is 16.1 Å². The number of hydrogen-bond acceptors (Lipinski definition) is 8. The Morgan fingerprint density at radius 3 is 2.38 bits per heavy atom. The first kappa shape index (κ1) is 39.8. The van der Waals surface area contributed by atoms with Crippen LogP contribution in [0.25, 0.3) is 0 Å². The molecule has 1 aliphatic heterocycles. The van der Waals surface area contributed by atoms with Crippen LogP contribution in [0.4, 0.5) is 9.59 Å². The number of nitrogens with zero attached hydrogens (tertiary/aromatic N) is 5.